The van der Waals surface area contributed by atoms with Crippen molar-refractivity contribution in [3.05, 3.63) is 83.1 Å². The van der Waals surface area contributed by atoms with Crippen molar-refractivity contribution < 1.29 is 18.7 Å². The van der Waals surface area contributed by atoms with Crippen LogP contribution in [0.2, 0.25) is 0 Å². The summed E-state index contributed by atoms with van der Waals surface area (Å²) in [5, 5.41) is 0. The van der Waals surface area contributed by atoms with Gasteiger partial charge >= 0.3 is 5.97 Å². The Morgan fingerprint density at radius 2 is 1.64 bits per heavy atom. The van der Waals surface area contributed by atoms with Crippen molar-refractivity contribution in [2.45, 2.75) is 0 Å². The van der Waals surface area contributed by atoms with Crippen molar-refractivity contribution >= 4 is 21.9 Å². The van der Waals surface area contributed by atoms with Crippen molar-refractivity contribution in [3.63, 3.8) is 0 Å². The second kappa shape index (κ2) is 7.94. The van der Waals surface area contributed by atoms with Gasteiger partial charge in [0, 0.05) is 10.0 Å². The molecule has 3 nitrogen and oxygen atoms in total. The Balaban J connectivity index is 1.69. The third-order valence-corrected chi connectivity index (χ3v) is 3.93. The molecule has 0 aromatic heterocycles. The van der Waals surface area contributed by atoms with E-state index in [-0.39, 0.29) is 12.4 Å². The molecule has 0 aliphatic rings. The predicted octanol–water partition coefficient (Wildman–Crippen LogP) is 5.24. The Morgan fingerprint density at radius 1 is 0.920 bits per heavy atom. The van der Waals surface area contributed by atoms with Gasteiger partial charge in [-0.3, -0.25) is 0 Å². The van der Waals surface area contributed by atoms with Gasteiger partial charge in [-0.1, -0.05) is 64.5 Å². The zero-order chi connectivity index (χ0) is 17.6. The molecule has 0 amide bonds. The highest BCUT2D eigenvalue weighted by Crippen LogP contribution is 2.29. The van der Waals surface area contributed by atoms with E-state index in [1.165, 1.54) is 12.1 Å². The van der Waals surface area contributed by atoms with Gasteiger partial charge in [-0.15, -0.1) is 0 Å². The number of benzene rings is 3. The van der Waals surface area contributed by atoms with Crippen molar-refractivity contribution in [1.29, 1.82) is 0 Å². The monoisotopic (exact) mass is 400 g/mol. The number of rotatable bonds is 5. The minimum atomic E-state index is -0.677. The van der Waals surface area contributed by atoms with E-state index in [4.69, 9.17) is 9.47 Å². The van der Waals surface area contributed by atoms with Gasteiger partial charge in [0.15, 0.2) is 18.2 Å². The first-order valence-electron chi connectivity index (χ1n) is 7.56. The average molecular weight is 401 g/mol. The molecule has 25 heavy (non-hydrogen) atoms. The number of hydrogen-bond donors (Lipinski definition) is 0. The molecular weight excluding hydrogens is 387 g/mol. The van der Waals surface area contributed by atoms with Crippen molar-refractivity contribution in [3.8, 4) is 22.6 Å². The van der Waals surface area contributed by atoms with Crippen LogP contribution in [0.5, 0.6) is 11.5 Å². The van der Waals surface area contributed by atoms with Gasteiger partial charge in [-0.05, 0) is 29.8 Å². The fraction of sp³-hybridized carbons (Fsp3) is 0.0500. The summed E-state index contributed by atoms with van der Waals surface area (Å²) >= 11 is 3.15. The lowest BCUT2D eigenvalue weighted by Gasteiger charge is -2.11. The lowest BCUT2D eigenvalue weighted by atomic mass is 10.1. The van der Waals surface area contributed by atoms with E-state index in [1.807, 2.05) is 48.5 Å². The Kier molecular flexibility index (Phi) is 5.46. The average Bonchev–Trinajstić information content (AvgIpc) is 2.63. The van der Waals surface area contributed by atoms with Crippen LogP contribution in [0.4, 0.5) is 4.39 Å². The van der Waals surface area contributed by atoms with Gasteiger partial charge < -0.3 is 9.47 Å². The molecule has 126 valence electrons. The molecule has 3 rings (SSSR count). The molecule has 0 saturated carbocycles. The van der Waals surface area contributed by atoms with E-state index >= 15 is 0 Å². The molecule has 0 unspecified atom stereocenters. The van der Waals surface area contributed by atoms with Gasteiger partial charge in [0.1, 0.15) is 5.75 Å². The third-order valence-electron chi connectivity index (χ3n) is 3.44. The molecule has 3 aromatic rings. The van der Waals surface area contributed by atoms with Gasteiger partial charge in [-0.2, -0.15) is 0 Å². The molecule has 0 aliphatic carbocycles. The van der Waals surface area contributed by atoms with Gasteiger partial charge in [0.2, 0.25) is 0 Å². The van der Waals surface area contributed by atoms with Crippen LogP contribution in [0.1, 0.15) is 0 Å². The first kappa shape index (κ1) is 17.2. The molecule has 3 aromatic carbocycles. The topological polar surface area (TPSA) is 35.5 Å². The zero-order valence-corrected chi connectivity index (χ0v) is 14.7. The molecule has 0 N–H and O–H groups in total. The SMILES string of the molecule is O=C(COc1ccccc1-c1ccccc1)Oc1ccc(Br)cc1F. The van der Waals surface area contributed by atoms with E-state index in [1.54, 1.807) is 12.1 Å². The van der Waals surface area contributed by atoms with Crippen LogP contribution in [0.25, 0.3) is 11.1 Å². The van der Waals surface area contributed by atoms with Crippen LogP contribution >= 0.6 is 15.9 Å². The van der Waals surface area contributed by atoms with E-state index in [0.29, 0.717) is 10.2 Å². The summed E-state index contributed by atoms with van der Waals surface area (Å²) in [6.45, 7) is -0.320. The number of ether oxygens (including phenoxy) is 2. The smallest absolute Gasteiger partial charge is 0.349 e. The molecule has 0 heterocycles. The number of para-hydroxylation sites is 1. The second-order valence-corrected chi connectivity index (χ2v) is 6.12. The maximum atomic E-state index is 13.7. The Morgan fingerprint density at radius 3 is 2.40 bits per heavy atom. The van der Waals surface area contributed by atoms with Gasteiger partial charge in [0.25, 0.3) is 0 Å². The minimum Gasteiger partial charge on any atom is -0.481 e. The van der Waals surface area contributed by atoms with Crippen LogP contribution in [0, 0.1) is 5.82 Å². The Bertz CT molecular complexity index is 881. The summed E-state index contributed by atoms with van der Waals surface area (Å²) in [7, 11) is 0. The number of halogens is 2. The van der Waals surface area contributed by atoms with Crippen molar-refractivity contribution in [2.24, 2.45) is 0 Å². The molecule has 5 heteroatoms. The van der Waals surface area contributed by atoms with E-state index < -0.39 is 11.8 Å². The minimum absolute atomic E-state index is 0.131. The summed E-state index contributed by atoms with van der Waals surface area (Å²) in [4.78, 5) is 11.9. The standard InChI is InChI=1S/C20H14BrFO3/c21-15-10-11-19(17(22)12-15)25-20(23)13-24-18-9-5-4-8-16(18)14-6-2-1-3-7-14/h1-12H,13H2. The number of carbonyl (C=O) groups excluding carboxylic acids is 1. The normalized spacial score (nSPS) is 10.3. The third kappa shape index (κ3) is 4.45. The first-order chi connectivity index (χ1) is 12.1. The van der Waals surface area contributed by atoms with E-state index in [0.717, 1.165) is 11.1 Å². The number of esters is 1. The second-order valence-electron chi connectivity index (χ2n) is 5.20. The summed E-state index contributed by atoms with van der Waals surface area (Å²) in [5.41, 5.74) is 1.84. The molecular formula is C20H14BrFO3. The zero-order valence-electron chi connectivity index (χ0n) is 13.1. The molecule has 0 radical (unpaired) electrons. The summed E-state index contributed by atoms with van der Waals surface area (Å²) < 4.78 is 24.9. The lowest BCUT2D eigenvalue weighted by molar-refractivity contribution is -0.136. The van der Waals surface area contributed by atoms with Gasteiger partial charge in [0.05, 0.1) is 0 Å². The van der Waals surface area contributed by atoms with E-state index in [2.05, 4.69) is 15.9 Å². The van der Waals surface area contributed by atoms with Crippen molar-refractivity contribution in [1.82, 2.24) is 0 Å². The number of hydrogen-bond acceptors (Lipinski definition) is 3. The summed E-state index contributed by atoms with van der Waals surface area (Å²) in [6, 6.07) is 21.3. The first-order valence-corrected chi connectivity index (χ1v) is 8.36. The van der Waals surface area contributed by atoms with Crippen LogP contribution in [0.3, 0.4) is 0 Å². The lowest BCUT2D eigenvalue weighted by Crippen LogP contribution is -2.18. The summed E-state index contributed by atoms with van der Waals surface area (Å²) in [6.07, 6.45) is 0. The largest absolute Gasteiger partial charge is 0.481 e. The van der Waals surface area contributed by atoms with Crippen LogP contribution < -0.4 is 9.47 Å². The highest BCUT2D eigenvalue weighted by atomic mass is 79.9. The van der Waals surface area contributed by atoms with Crippen LogP contribution in [-0.2, 0) is 4.79 Å². The maximum absolute atomic E-state index is 13.7. The molecule has 0 saturated heterocycles. The molecule has 0 aliphatic heterocycles. The Labute approximate surface area is 153 Å². The molecule has 0 spiro atoms. The molecule has 0 fully saturated rings. The Hall–Kier alpha value is -2.66. The van der Waals surface area contributed by atoms with Crippen molar-refractivity contribution in [2.75, 3.05) is 6.61 Å². The van der Waals surface area contributed by atoms with E-state index in [9.17, 15) is 9.18 Å². The van der Waals surface area contributed by atoms with Crippen LogP contribution in [-0.4, -0.2) is 12.6 Å². The molecule has 0 atom stereocenters. The quantitative estimate of drug-likeness (QED) is 0.433. The van der Waals surface area contributed by atoms with Crippen LogP contribution in [0.15, 0.2) is 77.3 Å². The highest BCUT2D eigenvalue weighted by molar-refractivity contribution is 9.10. The van der Waals surface area contributed by atoms with Gasteiger partial charge in [-0.25, -0.2) is 9.18 Å². The number of carbonyl (C=O) groups is 1. The summed E-state index contributed by atoms with van der Waals surface area (Å²) in [5.74, 6) is -0.869. The fourth-order valence-corrected chi connectivity index (χ4v) is 2.63. The highest BCUT2D eigenvalue weighted by Gasteiger charge is 2.12. The molecule has 0 bridgehead atoms. The maximum Gasteiger partial charge on any atom is 0.349 e. The fourth-order valence-electron chi connectivity index (χ4n) is 2.30. The predicted molar refractivity (Wildman–Crippen MR) is 97.1 cm³/mol.